The van der Waals surface area contributed by atoms with E-state index in [-0.39, 0.29) is 11.9 Å². The number of piperidine rings is 1. The number of nitriles is 1. The molecule has 2 aliphatic rings. The summed E-state index contributed by atoms with van der Waals surface area (Å²) in [7, 11) is 0. The number of nitrogens with zero attached hydrogens (tertiary/aromatic N) is 3. The van der Waals surface area contributed by atoms with Crippen molar-refractivity contribution in [1.82, 2.24) is 9.47 Å². The van der Waals surface area contributed by atoms with Crippen LogP contribution < -0.4 is 0 Å². The van der Waals surface area contributed by atoms with E-state index in [4.69, 9.17) is 16.3 Å². The van der Waals surface area contributed by atoms with Crippen LogP contribution in [0.2, 0.25) is 5.02 Å². The average molecular weight is 434 g/mol. The average Bonchev–Trinajstić information content (AvgIpc) is 3.29. The summed E-state index contributed by atoms with van der Waals surface area (Å²) in [5, 5.41) is 10.7. The SMILES string of the molecule is CC(C#N)n1cc(C(=O)N2CCC3(CC2)OC(=O)c2ccccc23)c2ccc(Cl)cc21. The van der Waals surface area contributed by atoms with E-state index in [2.05, 4.69) is 6.07 Å². The monoisotopic (exact) mass is 433 g/mol. The van der Waals surface area contributed by atoms with Gasteiger partial charge >= 0.3 is 5.97 Å². The second kappa shape index (κ2) is 7.14. The molecule has 1 saturated heterocycles. The van der Waals surface area contributed by atoms with Crippen molar-refractivity contribution in [2.45, 2.75) is 31.4 Å². The van der Waals surface area contributed by atoms with E-state index < -0.39 is 11.6 Å². The van der Waals surface area contributed by atoms with Crippen LogP contribution in [0.25, 0.3) is 10.9 Å². The maximum Gasteiger partial charge on any atom is 0.339 e. The first-order valence-electron chi connectivity index (χ1n) is 10.3. The summed E-state index contributed by atoms with van der Waals surface area (Å²) in [5.74, 6) is -0.385. The van der Waals surface area contributed by atoms with Crippen LogP contribution >= 0.6 is 11.6 Å². The fourth-order valence-electron chi connectivity index (χ4n) is 4.74. The highest BCUT2D eigenvalue weighted by molar-refractivity contribution is 6.31. The lowest BCUT2D eigenvalue weighted by molar-refractivity contribution is -0.0389. The van der Waals surface area contributed by atoms with Crippen molar-refractivity contribution in [2.24, 2.45) is 0 Å². The fraction of sp³-hybridized carbons (Fsp3) is 0.292. The molecule has 7 heteroatoms. The van der Waals surface area contributed by atoms with Gasteiger partial charge in [0.2, 0.25) is 0 Å². The molecule has 0 N–H and O–H groups in total. The summed E-state index contributed by atoms with van der Waals surface area (Å²) in [6.45, 7) is 2.74. The molecule has 5 rings (SSSR count). The molecular weight excluding hydrogens is 414 g/mol. The number of aromatic nitrogens is 1. The minimum Gasteiger partial charge on any atom is -0.450 e. The molecule has 1 atom stereocenters. The second-order valence-corrected chi connectivity index (χ2v) is 8.57. The fourth-order valence-corrected chi connectivity index (χ4v) is 4.90. The van der Waals surface area contributed by atoms with Crippen molar-refractivity contribution in [3.05, 3.63) is 70.4 Å². The van der Waals surface area contributed by atoms with Gasteiger partial charge in [0.25, 0.3) is 5.91 Å². The van der Waals surface area contributed by atoms with Gasteiger partial charge in [-0.2, -0.15) is 5.26 Å². The molecule has 3 aromatic rings. The van der Waals surface area contributed by atoms with Gasteiger partial charge in [0.1, 0.15) is 11.6 Å². The zero-order valence-electron chi connectivity index (χ0n) is 17.0. The molecule has 1 aromatic heterocycles. The lowest BCUT2D eigenvalue weighted by Crippen LogP contribution is -2.45. The number of ether oxygens (including phenoxy) is 1. The van der Waals surface area contributed by atoms with Crippen LogP contribution in [0.15, 0.2) is 48.7 Å². The largest absolute Gasteiger partial charge is 0.450 e. The normalized spacial score (nSPS) is 18.0. The lowest BCUT2D eigenvalue weighted by atomic mass is 9.83. The Morgan fingerprint density at radius 3 is 2.71 bits per heavy atom. The zero-order valence-corrected chi connectivity index (χ0v) is 17.7. The van der Waals surface area contributed by atoms with E-state index in [0.717, 1.165) is 16.5 Å². The van der Waals surface area contributed by atoms with E-state index in [1.54, 1.807) is 40.8 Å². The predicted octanol–water partition coefficient (Wildman–Crippen LogP) is 4.68. The van der Waals surface area contributed by atoms with Crippen molar-refractivity contribution in [3.63, 3.8) is 0 Å². The molecular formula is C24H20ClN3O3. The number of halogens is 1. The first-order chi connectivity index (χ1) is 14.9. The van der Waals surface area contributed by atoms with Gasteiger partial charge in [0.15, 0.2) is 0 Å². The number of carbonyl (C=O) groups excluding carboxylic acids is 2. The predicted molar refractivity (Wildman–Crippen MR) is 116 cm³/mol. The standard InChI is InChI=1S/C24H20ClN3O3/c1-15(13-26)28-14-19(17-7-6-16(25)12-21(17)28)22(29)27-10-8-24(9-11-27)20-5-3-2-4-18(20)23(30)31-24/h2-7,12,14-15H,8-11H2,1H3. The number of hydrogen-bond donors (Lipinski definition) is 0. The quantitative estimate of drug-likeness (QED) is 0.550. The second-order valence-electron chi connectivity index (χ2n) is 8.14. The summed E-state index contributed by atoms with van der Waals surface area (Å²) in [5.41, 5.74) is 2.20. The Balaban J connectivity index is 1.44. The summed E-state index contributed by atoms with van der Waals surface area (Å²) in [6.07, 6.45) is 2.85. The maximum atomic E-state index is 13.4. The van der Waals surface area contributed by atoms with Crippen molar-refractivity contribution in [3.8, 4) is 6.07 Å². The number of carbonyl (C=O) groups is 2. The number of benzene rings is 2. The van der Waals surface area contributed by atoms with E-state index in [9.17, 15) is 14.9 Å². The van der Waals surface area contributed by atoms with Crippen LogP contribution in [0.5, 0.6) is 0 Å². The Kier molecular flexibility index (Phi) is 4.53. The zero-order chi connectivity index (χ0) is 21.8. The number of amides is 1. The number of rotatable bonds is 2. The molecule has 0 bridgehead atoms. The molecule has 3 heterocycles. The van der Waals surface area contributed by atoms with E-state index in [0.29, 0.717) is 42.1 Å². The van der Waals surface area contributed by atoms with Gasteiger partial charge in [-0.3, -0.25) is 4.79 Å². The highest BCUT2D eigenvalue weighted by Gasteiger charge is 2.47. The van der Waals surface area contributed by atoms with Gasteiger partial charge in [0, 0.05) is 48.1 Å². The van der Waals surface area contributed by atoms with Crippen LogP contribution in [0.1, 0.15) is 52.1 Å². The molecule has 2 aliphatic heterocycles. The molecule has 1 unspecified atom stereocenters. The number of hydrogen-bond acceptors (Lipinski definition) is 4. The molecule has 1 fully saturated rings. The Morgan fingerprint density at radius 2 is 1.97 bits per heavy atom. The Morgan fingerprint density at radius 1 is 1.23 bits per heavy atom. The Hall–Kier alpha value is -3.30. The van der Waals surface area contributed by atoms with Crippen LogP contribution in [0.3, 0.4) is 0 Å². The van der Waals surface area contributed by atoms with Crippen LogP contribution in [-0.4, -0.2) is 34.4 Å². The Bertz CT molecular complexity index is 1260. The molecule has 0 aliphatic carbocycles. The van der Waals surface area contributed by atoms with E-state index in [1.807, 2.05) is 24.3 Å². The summed E-state index contributed by atoms with van der Waals surface area (Å²) in [4.78, 5) is 27.5. The molecule has 0 saturated carbocycles. The molecule has 1 amide bonds. The van der Waals surface area contributed by atoms with Crippen LogP contribution in [0.4, 0.5) is 0 Å². The summed E-state index contributed by atoms with van der Waals surface area (Å²) < 4.78 is 7.58. The van der Waals surface area contributed by atoms with Crippen LogP contribution in [0, 0.1) is 11.3 Å². The third kappa shape index (κ3) is 3.00. The van der Waals surface area contributed by atoms with Gasteiger partial charge in [-0.05, 0) is 25.1 Å². The first kappa shape index (κ1) is 19.7. The third-order valence-electron chi connectivity index (χ3n) is 6.42. The number of likely N-dealkylation sites (tertiary alicyclic amines) is 1. The first-order valence-corrected chi connectivity index (χ1v) is 10.6. The highest BCUT2D eigenvalue weighted by atomic mass is 35.5. The summed E-state index contributed by atoms with van der Waals surface area (Å²) in [6, 6.07) is 14.6. The van der Waals surface area contributed by atoms with Gasteiger partial charge in [-0.25, -0.2) is 4.79 Å². The van der Waals surface area contributed by atoms with E-state index >= 15 is 0 Å². The molecule has 6 nitrogen and oxygen atoms in total. The minimum atomic E-state index is -0.651. The molecule has 2 aromatic carbocycles. The minimum absolute atomic E-state index is 0.0938. The van der Waals surface area contributed by atoms with E-state index in [1.165, 1.54) is 0 Å². The van der Waals surface area contributed by atoms with Crippen molar-refractivity contribution in [2.75, 3.05) is 13.1 Å². The Labute approximate surface area is 184 Å². The maximum absolute atomic E-state index is 13.4. The van der Waals surface area contributed by atoms with Crippen molar-refractivity contribution < 1.29 is 14.3 Å². The van der Waals surface area contributed by atoms with Gasteiger partial charge in [0.05, 0.1) is 22.7 Å². The van der Waals surface area contributed by atoms with Gasteiger partial charge < -0.3 is 14.2 Å². The van der Waals surface area contributed by atoms with Gasteiger partial charge in [-0.1, -0.05) is 35.9 Å². The molecule has 0 radical (unpaired) electrons. The summed E-state index contributed by atoms with van der Waals surface area (Å²) >= 11 is 6.17. The molecule has 1 spiro atoms. The smallest absolute Gasteiger partial charge is 0.339 e. The van der Waals surface area contributed by atoms with Crippen LogP contribution in [-0.2, 0) is 10.3 Å². The van der Waals surface area contributed by atoms with Crippen molar-refractivity contribution in [1.29, 1.82) is 5.26 Å². The molecule has 31 heavy (non-hydrogen) atoms. The molecule has 156 valence electrons. The van der Waals surface area contributed by atoms with Gasteiger partial charge in [-0.15, -0.1) is 0 Å². The number of fused-ring (bicyclic) bond motifs is 3. The highest BCUT2D eigenvalue weighted by Crippen LogP contribution is 2.44. The van der Waals surface area contributed by atoms with Crippen molar-refractivity contribution >= 4 is 34.4 Å². The lowest BCUT2D eigenvalue weighted by Gasteiger charge is -2.38. The topological polar surface area (TPSA) is 75.3 Å². The number of esters is 1. The third-order valence-corrected chi connectivity index (χ3v) is 6.65.